The lowest BCUT2D eigenvalue weighted by atomic mass is 9.91. The maximum atomic E-state index is 10.4. The molecule has 1 N–H and O–H groups in total. The highest BCUT2D eigenvalue weighted by atomic mass is 16.4. The Morgan fingerprint density at radius 3 is 1.95 bits per heavy atom. The van der Waals surface area contributed by atoms with Crippen LogP contribution in [-0.4, -0.2) is 11.1 Å². The monoisotopic (exact) mass is 270 g/mol. The van der Waals surface area contributed by atoms with Crippen LogP contribution in [0.5, 0.6) is 0 Å². The van der Waals surface area contributed by atoms with Crippen LogP contribution in [0.1, 0.15) is 97.3 Å². The molecule has 2 heteroatoms. The number of unbranched alkanes of at least 4 members (excludes halogenated alkanes) is 6. The summed E-state index contributed by atoms with van der Waals surface area (Å²) in [6, 6.07) is 0. The quantitative estimate of drug-likeness (QED) is 0.405. The molecule has 0 aliphatic carbocycles. The number of carbonyl (C=O) groups is 1. The predicted molar refractivity (Wildman–Crippen MR) is 82.5 cm³/mol. The minimum atomic E-state index is -0.654. The van der Waals surface area contributed by atoms with Crippen molar-refractivity contribution in [2.75, 3.05) is 0 Å². The second-order valence-electron chi connectivity index (χ2n) is 5.85. The topological polar surface area (TPSA) is 37.3 Å². The van der Waals surface area contributed by atoms with Crippen LogP contribution in [0.3, 0.4) is 0 Å². The van der Waals surface area contributed by atoms with E-state index < -0.39 is 5.97 Å². The van der Waals surface area contributed by atoms with Crippen LogP contribution < -0.4 is 0 Å². The van der Waals surface area contributed by atoms with Crippen molar-refractivity contribution in [2.24, 2.45) is 5.92 Å². The number of rotatable bonds is 14. The van der Waals surface area contributed by atoms with Gasteiger partial charge in [0.15, 0.2) is 0 Å². The summed E-state index contributed by atoms with van der Waals surface area (Å²) in [6.07, 6.45) is 15.7. The van der Waals surface area contributed by atoms with Crippen molar-refractivity contribution >= 4 is 5.97 Å². The van der Waals surface area contributed by atoms with Gasteiger partial charge in [-0.1, -0.05) is 84.5 Å². The highest BCUT2D eigenvalue weighted by Gasteiger charge is 2.07. The largest absolute Gasteiger partial charge is 0.481 e. The summed E-state index contributed by atoms with van der Waals surface area (Å²) < 4.78 is 0. The fourth-order valence-electron chi connectivity index (χ4n) is 2.76. The lowest BCUT2D eigenvalue weighted by Crippen LogP contribution is -2.00. The molecule has 0 heterocycles. The van der Waals surface area contributed by atoms with Crippen molar-refractivity contribution in [3.8, 4) is 0 Å². The molecular formula is C17H34O2. The zero-order chi connectivity index (χ0) is 14.3. The molecule has 19 heavy (non-hydrogen) atoms. The molecule has 1 unspecified atom stereocenters. The summed E-state index contributed by atoms with van der Waals surface area (Å²) in [4.78, 5) is 10.4. The van der Waals surface area contributed by atoms with E-state index in [9.17, 15) is 4.79 Å². The van der Waals surface area contributed by atoms with Crippen LogP contribution in [0.2, 0.25) is 0 Å². The Hall–Kier alpha value is -0.530. The van der Waals surface area contributed by atoms with Gasteiger partial charge < -0.3 is 5.11 Å². The highest BCUT2D eigenvalue weighted by molar-refractivity contribution is 5.66. The molecule has 0 aliphatic heterocycles. The molecule has 0 rings (SSSR count). The molecule has 114 valence electrons. The summed E-state index contributed by atoms with van der Waals surface area (Å²) in [7, 11) is 0. The molecule has 0 saturated heterocycles. The Bertz CT molecular complexity index is 201. The standard InChI is InChI=1S/C17H34O2/c1-3-5-9-13-16(12-4-2)14-10-7-6-8-11-15-17(18)19/h16H,3-15H2,1-2H3,(H,18,19). The third-order valence-electron chi connectivity index (χ3n) is 3.92. The minimum Gasteiger partial charge on any atom is -0.481 e. The lowest BCUT2D eigenvalue weighted by molar-refractivity contribution is -0.137. The van der Waals surface area contributed by atoms with E-state index in [2.05, 4.69) is 13.8 Å². The van der Waals surface area contributed by atoms with Gasteiger partial charge in [-0.05, 0) is 12.3 Å². The van der Waals surface area contributed by atoms with E-state index in [1.807, 2.05) is 0 Å². The molecule has 1 atom stereocenters. The highest BCUT2D eigenvalue weighted by Crippen LogP contribution is 2.22. The second kappa shape index (κ2) is 13.9. The Labute approximate surface area is 120 Å². The second-order valence-corrected chi connectivity index (χ2v) is 5.85. The number of carboxylic acids is 1. The molecule has 0 fully saturated rings. The van der Waals surface area contributed by atoms with Gasteiger partial charge in [0, 0.05) is 6.42 Å². The summed E-state index contributed by atoms with van der Waals surface area (Å²) in [5.41, 5.74) is 0. The number of carboxylic acid groups (broad SMARTS) is 1. The van der Waals surface area contributed by atoms with Gasteiger partial charge in [0.25, 0.3) is 0 Å². The predicted octanol–water partition coefficient (Wildman–Crippen LogP) is 5.80. The van der Waals surface area contributed by atoms with Crippen molar-refractivity contribution in [3.63, 3.8) is 0 Å². The summed E-state index contributed by atoms with van der Waals surface area (Å²) in [5, 5.41) is 8.55. The van der Waals surface area contributed by atoms with Crippen LogP contribution in [0.25, 0.3) is 0 Å². The Morgan fingerprint density at radius 2 is 1.37 bits per heavy atom. The van der Waals surface area contributed by atoms with Gasteiger partial charge >= 0.3 is 5.97 Å². The molecule has 0 aromatic heterocycles. The average Bonchev–Trinajstić information content (AvgIpc) is 2.37. The fourth-order valence-corrected chi connectivity index (χ4v) is 2.76. The van der Waals surface area contributed by atoms with Crippen LogP contribution in [0.15, 0.2) is 0 Å². The van der Waals surface area contributed by atoms with Crippen LogP contribution >= 0.6 is 0 Å². The SMILES string of the molecule is CCCCCC(CCC)CCCCCCCC(=O)O. The molecule has 0 aromatic rings. The van der Waals surface area contributed by atoms with Crippen LogP contribution in [-0.2, 0) is 4.79 Å². The maximum Gasteiger partial charge on any atom is 0.303 e. The molecule has 0 spiro atoms. The zero-order valence-corrected chi connectivity index (χ0v) is 13.1. The Kier molecular flexibility index (Phi) is 13.5. The molecule has 0 amide bonds. The summed E-state index contributed by atoms with van der Waals surface area (Å²) >= 11 is 0. The van der Waals surface area contributed by atoms with Crippen LogP contribution in [0.4, 0.5) is 0 Å². The van der Waals surface area contributed by atoms with Gasteiger partial charge in [-0.25, -0.2) is 0 Å². The number of hydrogen-bond acceptors (Lipinski definition) is 1. The molecule has 2 nitrogen and oxygen atoms in total. The smallest absolute Gasteiger partial charge is 0.303 e. The van der Waals surface area contributed by atoms with E-state index in [0.717, 1.165) is 18.8 Å². The van der Waals surface area contributed by atoms with E-state index in [1.165, 1.54) is 64.2 Å². The van der Waals surface area contributed by atoms with Gasteiger partial charge in [-0.3, -0.25) is 4.79 Å². The Balaban J connectivity index is 3.44. The number of aliphatic carboxylic acids is 1. The van der Waals surface area contributed by atoms with Crippen molar-refractivity contribution in [2.45, 2.75) is 97.3 Å². The first-order valence-corrected chi connectivity index (χ1v) is 8.42. The van der Waals surface area contributed by atoms with E-state index >= 15 is 0 Å². The minimum absolute atomic E-state index is 0.343. The summed E-state index contributed by atoms with van der Waals surface area (Å²) in [5.74, 6) is 0.287. The normalized spacial score (nSPS) is 12.5. The Morgan fingerprint density at radius 1 is 0.789 bits per heavy atom. The number of hydrogen-bond donors (Lipinski definition) is 1. The maximum absolute atomic E-state index is 10.4. The van der Waals surface area contributed by atoms with Crippen molar-refractivity contribution in [3.05, 3.63) is 0 Å². The van der Waals surface area contributed by atoms with Crippen molar-refractivity contribution in [1.29, 1.82) is 0 Å². The first kappa shape index (κ1) is 18.5. The van der Waals surface area contributed by atoms with E-state index in [4.69, 9.17) is 5.11 Å². The molecule has 0 saturated carbocycles. The van der Waals surface area contributed by atoms with Gasteiger partial charge in [-0.15, -0.1) is 0 Å². The van der Waals surface area contributed by atoms with Gasteiger partial charge in [0.1, 0.15) is 0 Å². The zero-order valence-electron chi connectivity index (χ0n) is 13.1. The van der Waals surface area contributed by atoms with Gasteiger partial charge in [-0.2, -0.15) is 0 Å². The molecular weight excluding hydrogens is 236 g/mol. The van der Waals surface area contributed by atoms with E-state index in [1.54, 1.807) is 0 Å². The molecule has 0 bridgehead atoms. The average molecular weight is 270 g/mol. The van der Waals surface area contributed by atoms with Gasteiger partial charge in [0.05, 0.1) is 0 Å². The van der Waals surface area contributed by atoms with E-state index in [0.29, 0.717) is 6.42 Å². The fraction of sp³-hybridized carbons (Fsp3) is 0.941. The molecule has 0 radical (unpaired) electrons. The van der Waals surface area contributed by atoms with Crippen molar-refractivity contribution in [1.82, 2.24) is 0 Å². The first-order valence-electron chi connectivity index (χ1n) is 8.42. The van der Waals surface area contributed by atoms with Gasteiger partial charge in [0.2, 0.25) is 0 Å². The van der Waals surface area contributed by atoms with Crippen molar-refractivity contribution < 1.29 is 9.90 Å². The third-order valence-corrected chi connectivity index (χ3v) is 3.92. The third kappa shape index (κ3) is 13.7. The van der Waals surface area contributed by atoms with Crippen LogP contribution in [0, 0.1) is 5.92 Å². The first-order chi connectivity index (χ1) is 9.20. The lowest BCUT2D eigenvalue weighted by Gasteiger charge is -2.15. The molecule has 0 aliphatic rings. The van der Waals surface area contributed by atoms with E-state index in [-0.39, 0.29) is 0 Å². The molecule has 0 aromatic carbocycles. The summed E-state index contributed by atoms with van der Waals surface area (Å²) in [6.45, 7) is 4.56.